The van der Waals surface area contributed by atoms with Gasteiger partial charge in [-0.1, -0.05) is 12.1 Å². The molecule has 1 amide bonds. The zero-order valence-corrected chi connectivity index (χ0v) is 16.3. The number of piperazine rings is 1. The summed E-state index contributed by atoms with van der Waals surface area (Å²) in [5.41, 5.74) is 7.37. The van der Waals surface area contributed by atoms with Gasteiger partial charge in [-0.25, -0.2) is 13.4 Å². The summed E-state index contributed by atoms with van der Waals surface area (Å²) in [5, 5.41) is 0. The summed E-state index contributed by atoms with van der Waals surface area (Å²) < 4.78 is 28.6. The summed E-state index contributed by atoms with van der Waals surface area (Å²) in [6.45, 7) is 2.60. The highest BCUT2D eigenvalue weighted by atomic mass is 32.2. The van der Waals surface area contributed by atoms with E-state index in [-0.39, 0.29) is 10.6 Å². The van der Waals surface area contributed by atoms with Crippen LogP contribution in [0.3, 0.4) is 0 Å². The van der Waals surface area contributed by atoms with Gasteiger partial charge in [0.15, 0.2) is 0 Å². The van der Waals surface area contributed by atoms with E-state index in [0.29, 0.717) is 32.7 Å². The number of aromatic amines is 1. The summed E-state index contributed by atoms with van der Waals surface area (Å²) >= 11 is 0. The second kappa shape index (κ2) is 7.04. The summed E-state index contributed by atoms with van der Waals surface area (Å²) in [5.74, 6) is 0.214. The molecule has 1 aliphatic heterocycles. The highest BCUT2D eigenvalue weighted by Crippen LogP contribution is 2.21. The fourth-order valence-corrected chi connectivity index (χ4v) is 4.98. The van der Waals surface area contributed by atoms with E-state index in [1.165, 1.54) is 21.1 Å². The van der Waals surface area contributed by atoms with Crippen LogP contribution in [0.2, 0.25) is 0 Å². The standard InChI is InChI=1S/C18H22N6O3S/c1-22-11-13(10-16(22)18(19)25)28(26,27)24-8-6-23(7-9-24)12-17-20-14-4-2-3-5-15(14)21-17/h2-5,10-11H,6-9,12H2,1H3,(H2,19,25)(H,20,21). The Balaban J connectivity index is 1.43. The molecule has 0 aliphatic carbocycles. The number of fused-ring (bicyclic) bond motifs is 1. The normalized spacial score (nSPS) is 16.6. The highest BCUT2D eigenvalue weighted by molar-refractivity contribution is 7.89. The van der Waals surface area contributed by atoms with Crippen LogP contribution in [0.5, 0.6) is 0 Å². The first-order valence-corrected chi connectivity index (χ1v) is 10.4. The number of amides is 1. The average Bonchev–Trinajstić information content (AvgIpc) is 3.25. The lowest BCUT2D eigenvalue weighted by molar-refractivity contribution is 0.0992. The molecule has 148 valence electrons. The topological polar surface area (TPSA) is 117 Å². The maximum Gasteiger partial charge on any atom is 0.265 e. The molecular weight excluding hydrogens is 380 g/mol. The minimum absolute atomic E-state index is 0.0922. The summed E-state index contributed by atoms with van der Waals surface area (Å²) in [6, 6.07) is 9.18. The van der Waals surface area contributed by atoms with Crippen molar-refractivity contribution in [1.29, 1.82) is 0 Å². The van der Waals surface area contributed by atoms with E-state index >= 15 is 0 Å². The van der Waals surface area contributed by atoms with Crippen LogP contribution in [-0.4, -0.2) is 64.2 Å². The number of sulfonamides is 1. The minimum atomic E-state index is -3.66. The maximum atomic E-state index is 12.9. The SMILES string of the molecule is Cn1cc(S(=O)(=O)N2CCN(Cc3nc4ccccc4[nH]3)CC2)cc1C(N)=O. The van der Waals surface area contributed by atoms with Gasteiger partial charge >= 0.3 is 0 Å². The van der Waals surface area contributed by atoms with E-state index in [0.717, 1.165) is 16.9 Å². The van der Waals surface area contributed by atoms with Crippen molar-refractivity contribution in [2.24, 2.45) is 12.8 Å². The Morgan fingerprint density at radius 3 is 2.57 bits per heavy atom. The third-order valence-corrected chi connectivity index (χ3v) is 6.88. The number of imidazole rings is 1. The van der Waals surface area contributed by atoms with Crippen LogP contribution in [0, 0.1) is 0 Å². The largest absolute Gasteiger partial charge is 0.364 e. The molecule has 0 unspecified atom stereocenters. The van der Waals surface area contributed by atoms with Gasteiger partial charge in [0.25, 0.3) is 5.91 Å². The van der Waals surface area contributed by atoms with Gasteiger partial charge in [0.05, 0.1) is 17.6 Å². The molecule has 0 spiro atoms. The number of nitrogens with one attached hydrogen (secondary N) is 1. The number of benzene rings is 1. The van der Waals surface area contributed by atoms with Gasteiger partial charge in [-0.05, 0) is 18.2 Å². The van der Waals surface area contributed by atoms with Crippen molar-refractivity contribution in [2.45, 2.75) is 11.4 Å². The van der Waals surface area contributed by atoms with Gasteiger partial charge in [-0.3, -0.25) is 9.69 Å². The fourth-order valence-electron chi connectivity index (χ4n) is 3.49. The van der Waals surface area contributed by atoms with E-state index in [9.17, 15) is 13.2 Å². The third-order valence-electron chi connectivity index (χ3n) is 5.01. The Labute approximate surface area is 162 Å². The van der Waals surface area contributed by atoms with Crippen molar-refractivity contribution in [3.05, 3.63) is 48.0 Å². The lowest BCUT2D eigenvalue weighted by Gasteiger charge is -2.33. The number of aryl methyl sites for hydroxylation is 1. The number of rotatable bonds is 5. The summed E-state index contributed by atoms with van der Waals surface area (Å²) in [6.07, 6.45) is 1.43. The Hall–Kier alpha value is -2.69. The zero-order valence-electron chi connectivity index (χ0n) is 15.5. The number of para-hydroxylation sites is 2. The number of carbonyl (C=O) groups is 1. The summed E-state index contributed by atoms with van der Waals surface area (Å²) in [7, 11) is -2.06. The number of hydrogen-bond acceptors (Lipinski definition) is 5. The molecule has 2 aromatic heterocycles. The molecule has 1 saturated heterocycles. The van der Waals surface area contributed by atoms with E-state index in [1.807, 2.05) is 24.3 Å². The van der Waals surface area contributed by atoms with Crippen LogP contribution >= 0.6 is 0 Å². The first-order valence-electron chi connectivity index (χ1n) is 8.97. The number of primary amides is 1. The predicted octanol–water partition coefficient (Wildman–Crippen LogP) is 0.507. The van der Waals surface area contributed by atoms with Crippen LogP contribution in [-0.2, 0) is 23.6 Å². The second-order valence-electron chi connectivity index (χ2n) is 6.92. The quantitative estimate of drug-likeness (QED) is 0.645. The zero-order chi connectivity index (χ0) is 19.9. The molecule has 0 radical (unpaired) electrons. The van der Waals surface area contributed by atoms with Gasteiger partial charge < -0.3 is 15.3 Å². The number of hydrogen-bond donors (Lipinski definition) is 2. The van der Waals surface area contributed by atoms with Crippen molar-refractivity contribution in [2.75, 3.05) is 26.2 Å². The van der Waals surface area contributed by atoms with Gasteiger partial charge in [-0.15, -0.1) is 0 Å². The fraction of sp³-hybridized carbons (Fsp3) is 0.333. The molecule has 3 heterocycles. The molecule has 1 aliphatic rings. The van der Waals surface area contributed by atoms with Gasteiger partial charge in [0.1, 0.15) is 16.4 Å². The molecule has 0 atom stereocenters. The molecule has 3 N–H and O–H groups in total. The lowest BCUT2D eigenvalue weighted by atomic mass is 10.3. The molecule has 9 nitrogen and oxygen atoms in total. The first-order chi connectivity index (χ1) is 13.3. The molecule has 4 rings (SSSR count). The molecule has 0 saturated carbocycles. The van der Waals surface area contributed by atoms with Crippen molar-refractivity contribution in [1.82, 2.24) is 23.7 Å². The minimum Gasteiger partial charge on any atom is -0.364 e. The number of nitrogens with zero attached hydrogens (tertiary/aromatic N) is 4. The third kappa shape index (κ3) is 3.41. The molecule has 1 fully saturated rings. The van der Waals surface area contributed by atoms with E-state index in [4.69, 9.17) is 5.73 Å². The Bertz CT molecular complexity index is 1090. The number of carbonyl (C=O) groups excluding carboxylic acids is 1. The maximum absolute atomic E-state index is 12.9. The van der Waals surface area contributed by atoms with Crippen LogP contribution in [0.4, 0.5) is 0 Å². The molecule has 0 bridgehead atoms. The van der Waals surface area contributed by atoms with Crippen LogP contribution < -0.4 is 5.73 Å². The van der Waals surface area contributed by atoms with Gasteiger partial charge in [0, 0.05) is 39.4 Å². The lowest BCUT2D eigenvalue weighted by Crippen LogP contribution is -2.48. The van der Waals surface area contributed by atoms with Gasteiger partial charge in [0.2, 0.25) is 10.0 Å². The van der Waals surface area contributed by atoms with E-state index in [1.54, 1.807) is 7.05 Å². The van der Waals surface area contributed by atoms with Gasteiger partial charge in [-0.2, -0.15) is 4.31 Å². The van der Waals surface area contributed by atoms with Crippen molar-refractivity contribution in [3.63, 3.8) is 0 Å². The Morgan fingerprint density at radius 2 is 1.93 bits per heavy atom. The van der Waals surface area contributed by atoms with Crippen molar-refractivity contribution < 1.29 is 13.2 Å². The van der Waals surface area contributed by atoms with Crippen molar-refractivity contribution in [3.8, 4) is 0 Å². The molecule has 10 heteroatoms. The molecular formula is C18H22N6O3S. The Kier molecular flexibility index (Phi) is 4.69. The monoisotopic (exact) mass is 402 g/mol. The van der Waals surface area contributed by atoms with Crippen molar-refractivity contribution >= 4 is 27.0 Å². The number of nitrogens with two attached hydrogens (primary N) is 1. The Morgan fingerprint density at radius 1 is 1.21 bits per heavy atom. The molecule has 3 aromatic rings. The molecule has 1 aromatic carbocycles. The van der Waals surface area contributed by atoms with Crippen LogP contribution in [0.15, 0.2) is 41.4 Å². The first kappa shape index (κ1) is 18.7. The number of aromatic nitrogens is 3. The molecule has 28 heavy (non-hydrogen) atoms. The van der Waals surface area contributed by atoms with E-state index in [2.05, 4.69) is 14.9 Å². The number of H-pyrrole nitrogens is 1. The summed E-state index contributed by atoms with van der Waals surface area (Å²) in [4.78, 5) is 21.5. The van der Waals surface area contributed by atoms with Crippen LogP contribution in [0.25, 0.3) is 11.0 Å². The average molecular weight is 402 g/mol. The smallest absolute Gasteiger partial charge is 0.265 e. The van der Waals surface area contributed by atoms with Crippen LogP contribution in [0.1, 0.15) is 16.3 Å². The predicted molar refractivity (Wildman–Crippen MR) is 104 cm³/mol. The highest BCUT2D eigenvalue weighted by Gasteiger charge is 2.30. The second-order valence-corrected chi connectivity index (χ2v) is 8.86. The van der Waals surface area contributed by atoms with E-state index < -0.39 is 15.9 Å².